The lowest BCUT2D eigenvalue weighted by Crippen LogP contribution is -2.51. The molecule has 0 heterocycles. The molecule has 1 aliphatic carbocycles. The van der Waals surface area contributed by atoms with Gasteiger partial charge in [0, 0.05) is 23.4 Å². The molecule has 0 spiro atoms. The van der Waals surface area contributed by atoms with Gasteiger partial charge in [0.1, 0.15) is 6.04 Å². The Morgan fingerprint density at radius 1 is 1.12 bits per heavy atom. The monoisotopic (exact) mass is 472 g/mol. The largest absolute Gasteiger partial charge is 0.352 e. The van der Waals surface area contributed by atoms with Crippen LogP contribution in [0.25, 0.3) is 0 Å². The number of benzene rings is 2. The van der Waals surface area contributed by atoms with Crippen molar-refractivity contribution < 1.29 is 9.59 Å². The van der Waals surface area contributed by atoms with E-state index in [2.05, 4.69) is 24.4 Å². The van der Waals surface area contributed by atoms with Crippen molar-refractivity contribution in [1.82, 2.24) is 10.2 Å². The standard InChI is InChI=1S/C26H33ClN2O2S/c1-3-24(26(31)28-23-10-6-7-11-23)29(16-20-12-14-22(27)15-13-20)25(30)18-32-17-21-9-5-4-8-19(21)2/h4-5,8-9,12-15,23-24H,3,6-7,10-11,16-18H2,1-2H3,(H,28,31)/t24-/m1/s1. The first kappa shape index (κ1) is 24.7. The first-order chi connectivity index (χ1) is 15.5. The molecule has 0 saturated heterocycles. The van der Waals surface area contributed by atoms with E-state index in [4.69, 9.17) is 11.6 Å². The SMILES string of the molecule is CC[C@H](C(=O)NC1CCCC1)N(Cc1ccc(Cl)cc1)C(=O)CSCc1ccccc1C. The lowest BCUT2D eigenvalue weighted by atomic mass is 10.1. The van der Waals surface area contributed by atoms with Crippen molar-refractivity contribution in [2.24, 2.45) is 0 Å². The van der Waals surface area contributed by atoms with Gasteiger partial charge in [-0.1, -0.05) is 67.8 Å². The van der Waals surface area contributed by atoms with E-state index in [0.29, 0.717) is 23.7 Å². The van der Waals surface area contributed by atoms with Gasteiger partial charge in [0.05, 0.1) is 5.75 Å². The fourth-order valence-corrected chi connectivity index (χ4v) is 5.29. The number of amides is 2. The molecule has 172 valence electrons. The zero-order valence-corrected chi connectivity index (χ0v) is 20.6. The van der Waals surface area contributed by atoms with Crippen LogP contribution < -0.4 is 5.32 Å². The van der Waals surface area contributed by atoms with Gasteiger partial charge in [-0.05, 0) is 55.0 Å². The molecule has 1 aliphatic rings. The Balaban J connectivity index is 1.70. The van der Waals surface area contributed by atoms with Crippen LogP contribution in [-0.4, -0.2) is 34.6 Å². The van der Waals surface area contributed by atoms with Crippen molar-refractivity contribution in [2.45, 2.75) is 70.3 Å². The number of hydrogen-bond acceptors (Lipinski definition) is 3. The van der Waals surface area contributed by atoms with Crippen LogP contribution in [0.4, 0.5) is 0 Å². The summed E-state index contributed by atoms with van der Waals surface area (Å²) >= 11 is 7.64. The molecule has 0 unspecified atom stereocenters. The molecule has 3 rings (SSSR count). The zero-order valence-electron chi connectivity index (χ0n) is 19.0. The second kappa shape index (κ2) is 12.3. The van der Waals surface area contributed by atoms with E-state index >= 15 is 0 Å². The van der Waals surface area contributed by atoms with Crippen molar-refractivity contribution in [1.29, 1.82) is 0 Å². The molecular weight excluding hydrogens is 440 g/mol. The quantitative estimate of drug-likeness (QED) is 0.479. The lowest BCUT2D eigenvalue weighted by molar-refractivity contribution is -0.139. The molecule has 6 heteroatoms. The van der Waals surface area contributed by atoms with Crippen molar-refractivity contribution in [3.05, 3.63) is 70.2 Å². The third-order valence-corrected chi connectivity index (χ3v) is 7.32. The van der Waals surface area contributed by atoms with Crippen molar-refractivity contribution in [3.63, 3.8) is 0 Å². The fraction of sp³-hybridized carbons (Fsp3) is 0.462. The number of aryl methyl sites for hydroxylation is 1. The summed E-state index contributed by atoms with van der Waals surface area (Å²) in [6.07, 6.45) is 4.95. The van der Waals surface area contributed by atoms with Gasteiger partial charge in [-0.2, -0.15) is 0 Å². The van der Waals surface area contributed by atoms with Crippen LogP contribution in [0.2, 0.25) is 5.02 Å². The molecule has 0 aliphatic heterocycles. The van der Waals surface area contributed by atoms with Gasteiger partial charge in [0.15, 0.2) is 0 Å². The molecule has 2 aromatic carbocycles. The maximum absolute atomic E-state index is 13.3. The second-order valence-electron chi connectivity index (χ2n) is 8.48. The summed E-state index contributed by atoms with van der Waals surface area (Å²) in [6.45, 7) is 4.46. The predicted octanol–water partition coefficient (Wildman–Crippen LogP) is 5.75. The van der Waals surface area contributed by atoms with E-state index in [-0.39, 0.29) is 17.9 Å². The van der Waals surface area contributed by atoms with E-state index in [9.17, 15) is 9.59 Å². The lowest BCUT2D eigenvalue weighted by Gasteiger charge is -2.31. The van der Waals surface area contributed by atoms with Gasteiger partial charge in [-0.3, -0.25) is 9.59 Å². The summed E-state index contributed by atoms with van der Waals surface area (Å²) in [4.78, 5) is 28.2. The molecule has 1 saturated carbocycles. The van der Waals surface area contributed by atoms with Crippen LogP contribution >= 0.6 is 23.4 Å². The summed E-state index contributed by atoms with van der Waals surface area (Å²) < 4.78 is 0. The smallest absolute Gasteiger partial charge is 0.243 e. The second-order valence-corrected chi connectivity index (χ2v) is 9.90. The number of thioether (sulfide) groups is 1. The normalized spacial score (nSPS) is 14.8. The number of carbonyl (C=O) groups excluding carboxylic acids is 2. The Kier molecular flexibility index (Phi) is 9.49. The number of carbonyl (C=O) groups is 2. The van der Waals surface area contributed by atoms with Gasteiger partial charge in [-0.15, -0.1) is 11.8 Å². The van der Waals surface area contributed by atoms with E-state index in [1.165, 1.54) is 11.1 Å². The molecule has 4 nitrogen and oxygen atoms in total. The molecule has 0 aromatic heterocycles. The number of rotatable bonds is 10. The van der Waals surface area contributed by atoms with Crippen LogP contribution in [-0.2, 0) is 21.9 Å². The van der Waals surface area contributed by atoms with Gasteiger partial charge >= 0.3 is 0 Å². The Bertz CT molecular complexity index is 897. The van der Waals surface area contributed by atoms with Crippen molar-refractivity contribution in [3.8, 4) is 0 Å². The van der Waals surface area contributed by atoms with Gasteiger partial charge < -0.3 is 10.2 Å². The number of nitrogens with one attached hydrogen (secondary N) is 1. The van der Waals surface area contributed by atoms with Crippen molar-refractivity contribution in [2.75, 3.05) is 5.75 Å². The van der Waals surface area contributed by atoms with Gasteiger partial charge in [-0.25, -0.2) is 0 Å². The average molecular weight is 473 g/mol. The molecule has 32 heavy (non-hydrogen) atoms. The van der Waals surface area contributed by atoms with E-state index in [0.717, 1.165) is 37.0 Å². The number of hydrogen-bond donors (Lipinski definition) is 1. The highest BCUT2D eigenvalue weighted by Gasteiger charge is 2.30. The fourth-order valence-electron chi connectivity index (χ4n) is 4.18. The summed E-state index contributed by atoms with van der Waals surface area (Å²) in [5.74, 6) is 1.07. The highest BCUT2D eigenvalue weighted by Crippen LogP contribution is 2.21. The topological polar surface area (TPSA) is 49.4 Å². The molecular formula is C26H33ClN2O2S. The third-order valence-electron chi connectivity index (χ3n) is 6.10. The van der Waals surface area contributed by atoms with E-state index in [1.807, 2.05) is 43.3 Å². The molecule has 2 amide bonds. The third kappa shape index (κ3) is 7.01. The molecule has 1 fully saturated rings. The Labute approximate surface area is 201 Å². The molecule has 0 bridgehead atoms. The maximum Gasteiger partial charge on any atom is 0.243 e. The van der Waals surface area contributed by atoms with Crippen LogP contribution in [0, 0.1) is 6.92 Å². The zero-order chi connectivity index (χ0) is 22.9. The Morgan fingerprint density at radius 2 is 1.81 bits per heavy atom. The number of nitrogens with zero attached hydrogens (tertiary/aromatic N) is 1. The van der Waals surface area contributed by atoms with E-state index < -0.39 is 6.04 Å². The maximum atomic E-state index is 13.3. The first-order valence-electron chi connectivity index (χ1n) is 11.4. The average Bonchev–Trinajstić information content (AvgIpc) is 3.29. The summed E-state index contributed by atoms with van der Waals surface area (Å²) in [7, 11) is 0. The summed E-state index contributed by atoms with van der Waals surface area (Å²) in [6, 6.07) is 15.5. The van der Waals surface area contributed by atoms with E-state index in [1.54, 1.807) is 16.7 Å². The number of halogens is 1. The molecule has 1 atom stereocenters. The van der Waals surface area contributed by atoms with Crippen LogP contribution in [0.3, 0.4) is 0 Å². The summed E-state index contributed by atoms with van der Waals surface area (Å²) in [5.41, 5.74) is 3.44. The van der Waals surface area contributed by atoms with Crippen LogP contribution in [0.15, 0.2) is 48.5 Å². The molecule has 0 radical (unpaired) electrons. The highest BCUT2D eigenvalue weighted by molar-refractivity contribution is 7.99. The summed E-state index contributed by atoms with van der Waals surface area (Å²) in [5, 5.41) is 3.85. The predicted molar refractivity (Wildman–Crippen MR) is 134 cm³/mol. The highest BCUT2D eigenvalue weighted by atomic mass is 35.5. The Morgan fingerprint density at radius 3 is 2.47 bits per heavy atom. The molecule has 2 aromatic rings. The minimum Gasteiger partial charge on any atom is -0.352 e. The van der Waals surface area contributed by atoms with Crippen molar-refractivity contribution >= 4 is 35.2 Å². The first-order valence-corrected chi connectivity index (χ1v) is 13.0. The van der Waals surface area contributed by atoms with Crippen LogP contribution in [0.5, 0.6) is 0 Å². The Hall–Kier alpha value is -1.98. The van der Waals surface area contributed by atoms with Gasteiger partial charge in [0.2, 0.25) is 11.8 Å². The minimum atomic E-state index is -0.474. The van der Waals surface area contributed by atoms with Gasteiger partial charge in [0.25, 0.3) is 0 Å². The van der Waals surface area contributed by atoms with Crippen LogP contribution in [0.1, 0.15) is 55.7 Å². The minimum absolute atomic E-state index is 0.00745. The molecule has 1 N–H and O–H groups in total.